The van der Waals surface area contributed by atoms with E-state index in [1.54, 1.807) is 13.4 Å². The molecule has 0 aliphatic carbocycles. The molecule has 3 heterocycles. The molecule has 0 N–H and O–H groups in total. The summed E-state index contributed by atoms with van der Waals surface area (Å²) in [5, 5.41) is 2.76. The first kappa shape index (κ1) is 18.5. The highest BCUT2D eigenvalue weighted by Crippen LogP contribution is 2.40. The van der Waals surface area contributed by atoms with Crippen molar-refractivity contribution in [1.82, 2.24) is 0 Å². The average molecular weight is 422 g/mol. The fourth-order valence-corrected chi connectivity index (χ4v) is 4.29. The van der Waals surface area contributed by atoms with Gasteiger partial charge < -0.3 is 18.0 Å². The van der Waals surface area contributed by atoms with Crippen LogP contribution in [0.25, 0.3) is 55.4 Å². The van der Waals surface area contributed by atoms with Crippen molar-refractivity contribution in [3.8, 4) is 28.2 Å². The van der Waals surface area contributed by atoms with Crippen LogP contribution in [0.15, 0.2) is 91.0 Å². The molecule has 3 aromatic heterocycles. The monoisotopic (exact) mass is 422 g/mol. The molecular weight excluding hydrogens is 404 g/mol. The second-order valence-electron chi connectivity index (χ2n) is 7.76. The van der Waals surface area contributed by atoms with E-state index in [0.717, 1.165) is 55.5 Å². The summed E-state index contributed by atoms with van der Waals surface area (Å²) >= 11 is 0. The lowest BCUT2D eigenvalue weighted by Crippen LogP contribution is -1.99. The lowest BCUT2D eigenvalue weighted by atomic mass is 9.97. The van der Waals surface area contributed by atoms with Gasteiger partial charge in [0.15, 0.2) is 0 Å². The molecule has 0 spiro atoms. The minimum Gasteiger partial charge on any atom is -0.497 e. The lowest BCUT2D eigenvalue weighted by molar-refractivity contribution is 0.415. The summed E-state index contributed by atoms with van der Waals surface area (Å²) in [4.78, 5) is 12.4. The molecule has 5 nitrogen and oxygen atoms in total. The summed E-state index contributed by atoms with van der Waals surface area (Å²) in [6, 6.07) is 21.0. The Labute approximate surface area is 182 Å². The van der Waals surface area contributed by atoms with Gasteiger partial charge in [-0.15, -0.1) is 0 Å². The maximum atomic E-state index is 12.4. The van der Waals surface area contributed by atoms with E-state index in [4.69, 9.17) is 18.0 Å². The van der Waals surface area contributed by atoms with Crippen LogP contribution >= 0.6 is 0 Å². The quantitative estimate of drug-likeness (QED) is 0.289. The highest BCUT2D eigenvalue weighted by atomic mass is 16.5. The fraction of sp³-hybridized carbons (Fsp3) is 0.0741. The lowest BCUT2D eigenvalue weighted by Gasteiger charge is -2.09. The zero-order chi connectivity index (χ0) is 21.8. The van der Waals surface area contributed by atoms with Crippen molar-refractivity contribution < 1.29 is 18.0 Å². The number of benzene rings is 3. The number of para-hydroxylation sites is 1. The van der Waals surface area contributed by atoms with E-state index >= 15 is 0 Å². The van der Waals surface area contributed by atoms with Crippen LogP contribution in [0.1, 0.15) is 5.56 Å². The van der Waals surface area contributed by atoms with Crippen LogP contribution in [0.3, 0.4) is 0 Å². The Hall–Kier alpha value is -4.25. The largest absolute Gasteiger partial charge is 0.497 e. The number of hydrogen-bond donors (Lipinski definition) is 0. The molecule has 5 heteroatoms. The molecule has 0 fully saturated rings. The Morgan fingerprint density at radius 1 is 0.812 bits per heavy atom. The molecule has 0 unspecified atom stereocenters. The number of rotatable bonds is 3. The third-order valence-corrected chi connectivity index (χ3v) is 5.89. The zero-order valence-corrected chi connectivity index (χ0v) is 17.5. The van der Waals surface area contributed by atoms with Gasteiger partial charge in [0.1, 0.15) is 34.5 Å². The smallest absolute Gasteiger partial charge is 0.336 e. The number of ether oxygens (including phenoxy) is 1. The fourth-order valence-electron chi connectivity index (χ4n) is 4.29. The van der Waals surface area contributed by atoms with Gasteiger partial charge >= 0.3 is 5.63 Å². The van der Waals surface area contributed by atoms with Crippen LogP contribution in [0, 0.1) is 6.92 Å². The van der Waals surface area contributed by atoms with Gasteiger partial charge in [0.2, 0.25) is 0 Å². The van der Waals surface area contributed by atoms with E-state index in [0.29, 0.717) is 11.2 Å². The van der Waals surface area contributed by atoms with Gasteiger partial charge in [-0.25, -0.2) is 4.79 Å². The number of aryl methyl sites for hydroxylation is 1. The van der Waals surface area contributed by atoms with E-state index in [1.165, 1.54) is 6.07 Å². The predicted octanol–water partition coefficient (Wildman–Crippen LogP) is 6.94. The summed E-state index contributed by atoms with van der Waals surface area (Å²) in [6.45, 7) is 1.90. The van der Waals surface area contributed by atoms with Crippen LogP contribution in [-0.2, 0) is 0 Å². The van der Waals surface area contributed by atoms with Gasteiger partial charge in [-0.05, 0) is 48.4 Å². The van der Waals surface area contributed by atoms with E-state index in [-0.39, 0.29) is 0 Å². The summed E-state index contributed by atoms with van der Waals surface area (Å²) in [5.41, 5.74) is 4.91. The Bertz CT molecular complexity index is 1650. The number of methoxy groups -OCH3 is 1. The van der Waals surface area contributed by atoms with E-state index in [2.05, 4.69) is 0 Å². The molecule has 3 aromatic carbocycles. The van der Waals surface area contributed by atoms with Gasteiger partial charge in [-0.3, -0.25) is 0 Å². The standard InChI is InChI=1S/C27H18O5/c1-15-26-21(22(14-30-26)24-11-17-5-3-4-6-23(17)31-24)12-20-19(13-25(28)32-27(15)20)16-7-9-18(29-2)10-8-16/h3-14H,1-2H3. The Balaban J connectivity index is 1.64. The van der Waals surface area contributed by atoms with Crippen LogP contribution in [0.4, 0.5) is 0 Å². The number of furan rings is 2. The molecular formula is C27H18O5. The molecule has 6 aromatic rings. The van der Waals surface area contributed by atoms with Crippen molar-refractivity contribution in [1.29, 1.82) is 0 Å². The Kier molecular flexibility index (Phi) is 3.98. The van der Waals surface area contributed by atoms with Crippen molar-refractivity contribution in [2.75, 3.05) is 7.11 Å². The topological polar surface area (TPSA) is 65.7 Å². The molecule has 0 saturated carbocycles. The van der Waals surface area contributed by atoms with E-state index in [1.807, 2.05) is 67.6 Å². The van der Waals surface area contributed by atoms with Crippen molar-refractivity contribution in [3.05, 3.63) is 89.0 Å². The summed E-state index contributed by atoms with van der Waals surface area (Å²) in [6.07, 6.45) is 1.69. The van der Waals surface area contributed by atoms with E-state index < -0.39 is 5.63 Å². The van der Waals surface area contributed by atoms with Crippen molar-refractivity contribution in [3.63, 3.8) is 0 Å². The van der Waals surface area contributed by atoms with Crippen LogP contribution in [0.5, 0.6) is 5.75 Å². The first-order chi connectivity index (χ1) is 15.6. The number of fused-ring (bicyclic) bond motifs is 3. The van der Waals surface area contributed by atoms with Gasteiger partial charge in [-0.1, -0.05) is 30.3 Å². The minimum absolute atomic E-state index is 0.408. The van der Waals surface area contributed by atoms with Gasteiger partial charge in [0, 0.05) is 27.8 Å². The molecule has 0 aliphatic rings. The third-order valence-electron chi connectivity index (χ3n) is 5.89. The maximum absolute atomic E-state index is 12.4. The van der Waals surface area contributed by atoms with Crippen molar-refractivity contribution >= 4 is 32.9 Å². The van der Waals surface area contributed by atoms with Crippen LogP contribution in [-0.4, -0.2) is 7.11 Å². The first-order valence-electron chi connectivity index (χ1n) is 10.2. The van der Waals surface area contributed by atoms with Gasteiger partial charge in [-0.2, -0.15) is 0 Å². The second-order valence-corrected chi connectivity index (χ2v) is 7.76. The number of hydrogen-bond acceptors (Lipinski definition) is 5. The molecule has 156 valence electrons. The summed E-state index contributed by atoms with van der Waals surface area (Å²) in [5.74, 6) is 1.48. The normalized spacial score (nSPS) is 11.6. The highest BCUT2D eigenvalue weighted by Gasteiger charge is 2.19. The van der Waals surface area contributed by atoms with Gasteiger partial charge in [0.05, 0.1) is 12.7 Å². The molecule has 0 radical (unpaired) electrons. The Morgan fingerprint density at radius 2 is 1.59 bits per heavy atom. The molecule has 0 saturated heterocycles. The van der Waals surface area contributed by atoms with Gasteiger partial charge in [0.25, 0.3) is 0 Å². The SMILES string of the molecule is COc1ccc(-c2cc(=O)oc3c(C)c4occ(-c5cc6ccccc6o5)c4cc23)cc1. The second kappa shape index (κ2) is 6.89. The Morgan fingerprint density at radius 3 is 2.38 bits per heavy atom. The molecule has 0 amide bonds. The van der Waals surface area contributed by atoms with Crippen molar-refractivity contribution in [2.45, 2.75) is 6.92 Å². The van der Waals surface area contributed by atoms with Crippen molar-refractivity contribution in [2.24, 2.45) is 0 Å². The molecule has 0 aliphatic heterocycles. The van der Waals surface area contributed by atoms with E-state index in [9.17, 15) is 4.79 Å². The summed E-state index contributed by atoms with van der Waals surface area (Å²) < 4.78 is 22.9. The zero-order valence-electron chi connectivity index (χ0n) is 17.5. The minimum atomic E-state index is -0.408. The molecule has 0 bridgehead atoms. The van der Waals surface area contributed by atoms with Crippen LogP contribution < -0.4 is 10.4 Å². The predicted molar refractivity (Wildman–Crippen MR) is 124 cm³/mol. The average Bonchev–Trinajstić information content (AvgIpc) is 3.43. The maximum Gasteiger partial charge on any atom is 0.336 e. The molecule has 32 heavy (non-hydrogen) atoms. The third kappa shape index (κ3) is 2.75. The van der Waals surface area contributed by atoms with Crippen LogP contribution in [0.2, 0.25) is 0 Å². The summed E-state index contributed by atoms with van der Waals surface area (Å²) in [7, 11) is 1.63. The molecule has 6 rings (SSSR count). The molecule has 0 atom stereocenters. The first-order valence-corrected chi connectivity index (χ1v) is 10.2. The highest BCUT2D eigenvalue weighted by molar-refractivity contribution is 6.08.